The maximum atomic E-state index is 9.13. The lowest BCUT2D eigenvalue weighted by atomic mass is 9.98. The summed E-state index contributed by atoms with van der Waals surface area (Å²) in [7, 11) is 0. The van der Waals surface area contributed by atoms with Gasteiger partial charge in [-0.25, -0.2) is 0 Å². The Balaban J connectivity index is 2.85. The third-order valence-electron chi connectivity index (χ3n) is 2.99. The standard InChI is InChI=1S/C12H11N3S/c1-16-12-8-4-2-3-7(8)9(5-13)11(15)10(12)6-14/h2-4,15H2,1H3. The Labute approximate surface area is 98.9 Å². The van der Waals surface area contributed by atoms with E-state index in [9.17, 15) is 0 Å². The molecule has 1 aliphatic rings. The van der Waals surface area contributed by atoms with Crippen molar-refractivity contribution in [3.63, 3.8) is 0 Å². The molecule has 3 nitrogen and oxygen atoms in total. The minimum atomic E-state index is 0.356. The summed E-state index contributed by atoms with van der Waals surface area (Å²) < 4.78 is 0. The second-order valence-corrected chi connectivity index (χ2v) is 4.55. The van der Waals surface area contributed by atoms with Crippen molar-refractivity contribution in [2.75, 3.05) is 12.0 Å². The van der Waals surface area contributed by atoms with Gasteiger partial charge in [0, 0.05) is 4.90 Å². The van der Waals surface area contributed by atoms with Gasteiger partial charge in [0.25, 0.3) is 0 Å². The molecule has 0 heterocycles. The maximum Gasteiger partial charge on any atom is 0.103 e. The number of rotatable bonds is 1. The molecule has 0 saturated carbocycles. The van der Waals surface area contributed by atoms with Gasteiger partial charge in [-0.15, -0.1) is 11.8 Å². The second-order valence-electron chi connectivity index (χ2n) is 3.73. The number of thioether (sulfide) groups is 1. The zero-order valence-corrected chi connectivity index (χ0v) is 9.82. The number of hydrogen-bond acceptors (Lipinski definition) is 4. The molecule has 1 aromatic rings. The molecule has 0 aliphatic heterocycles. The first-order valence-corrected chi connectivity index (χ1v) is 6.28. The van der Waals surface area contributed by atoms with Crippen molar-refractivity contribution in [1.29, 1.82) is 10.5 Å². The highest BCUT2D eigenvalue weighted by Gasteiger charge is 2.24. The van der Waals surface area contributed by atoms with Crippen LogP contribution in [0.3, 0.4) is 0 Å². The Hall–Kier alpha value is -1.65. The first kappa shape index (κ1) is 10.9. The summed E-state index contributed by atoms with van der Waals surface area (Å²) in [6.45, 7) is 0. The van der Waals surface area contributed by atoms with E-state index in [2.05, 4.69) is 12.1 Å². The summed E-state index contributed by atoms with van der Waals surface area (Å²) in [5.74, 6) is 0. The number of benzene rings is 1. The van der Waals surface area contributed by atoms with Crippen LogP contribution in [0.15, 0.2) is 4.90 Å². The summed E-state index contributed by atoms with van der Waals surface area (Å²) in [5, 5.41) is 18.2. The first-order chi connectivity index (χ1) is 7.74. The van der Waals surface area contributed by atoms with Crippen molar-refractivity contribution in [1.82, 2.24) is 0 Å². The SMILES string of the molecule is CSc1c(C#N)c(N)c(C#N)c2c1CCC2. The van der Waals surface area contributed by atoms with Crippen molar-refractivity contribution in [3.8, 4) is 12.1 Å². The molecule has 0 saturated heterocycles. The van der Waals surface area contributed by atoms with Gasteiger partial charge < -0.3 is 5.73 Å². The van der Waals surface area contributed by atoms with E-state index < -0.39 is 0 Å². The number of nitrogens with zero attached hydrogens (tertiary/aromatic N) is 2. The van der Waals surface area contributed by atoms with E-state index >= 15 is 0 Å². The van der Waals surface area contributed by atoms with E-state index in [0.29, 0.717) is 16.8 Å². The average Bonchev–Trinajstić information content (AvgIpc) is 2.76. The van der Waals surface area contributed by atoms with Crippen molar-refractivity contribution in [2.24, 2.45) is 0 Å². The molecule has 16 heavy (non-hydrogen) atoms. The molecule has 1 aliphatic carbocycles. The fourth-order valence-corrected chi connectivity index (χ4v) is 3.13. The molecule has 0 aromatic heterocycles. The van der Waals surface area contributed by atoms with Crippen LogP contribution in [-0.4, -0.2) is 6.26 Å². The summed E-state index contributed by atoms with van der Waals surface area (Å²) in [4.78, 5) is 0.964. The van der Waals surface area contributed by atoms with E-state index in [1.54, 1.807) is 11.8 Å². The van der Waals surface area contributed by atoms with Crippen molar-refractivity contribution >= 4 is 17.4 Å². The molecule has 0 amide bonds. The molecular formula is C12H11N3S. The van der Waals surface area contributed by atoms with Crippen LogP contribution in [0, 0.1) is 22.7 Å². The highest BCUT2D eigenvalue weighted by atomic mass is 32.2. The predicted molar refractivity (Wildman–Crippen MR) is 64.1 cm³/mol. The zero-order chi connectivity index (χ0) is 11.7. The molecule has 1 aromatic carbocycles. The van der Waals surface area contributed by atoms with Crippen LogP contribution in [0.25, 0.3) is 0 Å². The van der Waals surface area contributed by atoms with Gasteiger partial charge in [0.15, 0.2) is 0 Å². The highest BCUT2D eigenvalue weighted by Crippen LogP contribution is 2.39. The van der Waals surface area contributed by atoms with E-state index in [0.717, 1.165) is 35.3 Å². The number of nitrogen functional groups attached to an aromatic ring is 1. The molecule has 0 fully saturated rings. The second kappa shape index (κ2) is 4.08. The maximum absolute atomic E-state index is 9.13. The normalized spacial score (nSPS) is 12.9. The number of hydrogen-bond donors (Lipinski definition) is 1. The van der Waals surface area contributed by atoms with Crippen LogP contribution < -0.4 is 5.73 Å². The van der Waals surface area contributed by atoms with Gasteiger partial charge in [0.05, 0.1) is 16.8 Å². The van der Waals surface area contributed by atoms with Gasteiger partial charge in [-0.05, 0) is 36.6 Å². The van der Waals surface area contributed by atoms with Crippen LogP contribution >= 0.6 is 11.8 Å². The molecule has 0 unspecified atom stereocenters. The van der Waals surface area contributed by atoms with Gasteiger partial charge in [0.1, 0.15) is 12.1 Å². The average molecular weight is 229 g/mol. The zero-order valence-electron chi connectivity index (χ0n) is 9.00. The van der Waals surface area contributed by atoms with Gasteiger partial charge >= 0.3 is 0 Å². The Bertz CT molecular complexity index is 531. The molecule has 0 atom stereocenters. The number of fused-ring (bicyclic) bond motifs is 1. The summed E-state index contributed by atoms with van der Waals surface area (Å²) in [6, 6.07) is 4.26. The fourth-order valence-electron chi connectivity index (χ4n) is 2.29. The molecule has 0 bridgehead atoms. The van der Waals surface area contributed by atoms with Crippen LogP contribution in [-0.2, 0) is 12.8 Å². The largest absolute Gasteiger partial charge is 0.397 e. The van der Waals surface area contributed by atoms with E-state index in [1.807, 2.05) is 6.26 Å². The molecule has 80 valence electrons. The topological polar surface area (TPSA) is 73.6 Å². The van der Waals surface area contributed by atoms with Crippen LogP contribution in [0.1, 0.15) is 28.7 Å². The van der Waals surface area contributed by atoms with Gasteiger partial charge in [-0.1, -0.05) is 0 Å². The van der Waals surface area contributed by atoms with Crippen LogP contribution in [0.2, 0.25) is 0 Å². The number of nitrogens with two attached hydrogens (primary N) is 1. The van der Waals surface area contributed by atoms with E-state index in [-0.39, 0.29) is 0 Å². The Kier molecular flexibility index (Phi) is 2.77. The minimum Gasteiger partial charge on any atom is -0.397 e. The number of nitriles is 2. The van der Waals surface area contributed by atoms with Crippen LogP contribution in [0.5, 0.6) is 0 Å². The molecule has 2 N–H and O–H groups in total. The van der Waals surface area contributed by atoms with Crippen molar-refractivity contribution in [3.05, 3.63) is 22.3 Å². The molecule has 2 rings (SSSR count). The first-order valence-electron chi connectivity index (χ1n) is 5.06. The van der Waals surface area contributed by atoms with Crippen molar-refractivity contribution < 1.29 is 0 Å². The lowest BCUT2D eigenvalue weighted by Gasteiger charge is -2.13. The lowest BCUT2D eigenvalue weighted by Crippen LogP contribution is -2.03. The van der Waals surface area contributed by atoms with Gasteiger partial charge in [-0.2, -0.15) is 10.5 Å². The predicted octanol–water partition coefficient (Wildman–Crippen LogP) is 2.22. The lowest BCUT2D eigenvalue weighted by molar-refractivity contribution is 0.905. The highest BCUT2D eigenvalue weighted by molar-refractivity contribution is 7.98. The summed E-state index contributed by atoms with van der Waals surface area (Å²) in [5.41, 5.74) is 9.46. The van der Waals surface area contributed by atoms with Gasteiger partial charge in [0.2, 0.25) is 0 Å². The Morgan fingerprint density at radius 2 is 1.75 bits per heavy atom. The molecular weight excluding hydrogens is 218 g/mol. The minimum absolute atomic E-state index is 0.356. The summed E-state index contributed by atoms with van der Waals surface area (Å²) >= 11 is 1.55. The quantitative estimate of drug-likeness (QED) is 0.592. The number of anilines is 1. The third kappa shape index (κ3) is 1.35. The summed E-state index contributed by atoms with van der Waals surface area (Å²) in [6.07, 6.45) is 4.85. The van der Waals surface area contributed by atoms with Gasteiger partial charge in [-0.3, -0.25) is 0 Å². The molecule has 0 spiro atoms. The third-order valence-corrected chi connectivity index (χ3v) is 3.85. The van der Waals surface area contributed by atoms with E-state index in [1.165, 1.54) is 0 Å². The molecule has 4 heteroatoms. The van der Waals surface area contributed by atoms with Crippen LogP contribution in [0.4, 0.5) is 5.69 Å². The van der Waals surface area contributed by atoms with Crippen molar-refractivity contribution in [2.45, 2.75) is 24.2 Å². The Morgan fingerprint density at radius 3 is 2.31 bits per heavy atom. The monoisotopic (exact) mass is 229 g/mol. The smallest absolute Gasteiger partial charge is 0.103 e. The Morgan fingerprint density at radius 1 is 1.12 bits per heavy atom. The fraction of sp³-hybridized carbons (Fsp3) is 0.333. The molecule has 0 radical (unpaired) electrons. The van der Waals surface area contributed by atoms with E-state index in [4.69, 9.17) is 16.3 Å².